The molecule has 1 saturated heterocycles. The lowest BCUT2D eigenvalue weighted by molar-refractivity contribution is 0.353. The Morgan fingerprint density at radius 2 is 2.16 bits per heavy atom. The van der Waals surface area contributed by atoms with E-state index in [-0.39, 0.29) is 5.75 Å². The van der Waals surface area contributed by atoms with Gasteiger partial charge in [0.05, 0.1) is 17.0 Å². The fraction of sp³-hybridized carbons (Fsp3) is 0.750. The standard InChI is InChI=1S/C12H22ClN3O2S/c1-5-14-11(15-8-10(2)13)16-6-7-19(17,18)12(3,4)9-16/h2,5-9H2,1,3-4H3,(H,14,15). The van der Waals surface area contributed by atoms with E-state index in [0.717, 1.165) is 6.54 Å². The van der Waals surface area contributed by atoms with Crippen LogP contribution in [0.2, 0.25) is 0 Å². The normalized spacial score (nSPS) is 22.1. The highest BCUT2D eigenvalue weighted by Gasteiger charge is 2.40. The number of sulfone groups is 1. The van der Waals surface area contributed by atoms with E-state index in [4.69, 9.17) is 11.6 Å². The van der Waals surface area contributed by atoms with Gasteiger partial charge in [0.15, 0.2) is 15.8 Å². The molecule has 1 aliphatic rings. The molecule has 0 aromatic rings. The zero-order chi connectivity index (χ0) is 14.7. The van der Waals surface area contributed by atoms with Gasteiger partial charge in [0.25, 0.3) is 0 Å². The summed E-state index contributed by atoms with van der Waals surface area (Å²) in [5.41, 5.74) is 0. The summed E-state index contributed by atoms with van der Waals surface area (Å²) in [4.78, 5) is 6.32. The summed E-state index contributed by atoms with van der Waals surface area (Å²) < 4.78 is 23.2. The van der Waals surface area contributed by atoms with Crippen LogP contribution in [0, 0.1) is 0 Å². The lowest BCUT2D eigenvalue weighted by Gasteiger charge is -2.39. The molecule has 0 bridgehead atoms. The van der Waals surface area contributed by atoms with Crippen LogP contribution in [0.3, 0.4) is 0 Å². The van der Waals surface area contributed by atoms with Crippen LogP contribution in [0.4, 0.5) is 0 Å². The molecule has 1 aliphatic heterocycles. The molecule has 0 amide bonds. The second-order valence-electron chi connectivity index (χ2n) is 5.19. The lowest BCUT2D eigenvalue weighted by Crippen LogP contribution is -2.57. The Morgan fingerprint density at radius 3 is 2.63 bits per heavy atom. The third-order valence-electron chi connectivity index (χ3n) is 3.08. The Morgan fingerprint density at radius 1 is 1.53 bits per heavy atom. The fourth-order valence-corrected chi connectivity index (χ4v) is 3.34. The highest BCUT2D eigenvalue weighted by Crippen LogP contribution is 2.23. The molecule has 1 N–H and O–H groups in total. The number of hydrogen-bond donors (Lipinski definition) is 1. The Balaban J connectivity index is 2.88. The van der Waals surface area contributed by atoms with Gasteiger partial charge in [0.2, 0.25) is 0 Å². The van der Waals surface area contributed by atoms with Crippen LogP contribution in [0.15, 0.2) is 16.6 Å². The topological polar surface area (TPSA) is 61.8 Å². The van der Waals surface area contributed by atoms with E-state index >= 15 is 0 Å². The average Bonchev–Trinajstić information content (AvgIpc) is 2.28. The monoisotopic (exact) mass is 307 g/mol. The highest BCUT2D eigenvalue weighted by atomic mass is 35.5. The van der Waals surface area contributed by atoms with Gasteiger partial charge < -0.3 is 10.2 Å². The lowest BCUT2D eigenvalue weighted by atomic mass is 10.2. The molecule has 0 saturated carbocycles. The van der Waals surface area contributed by atoms with Gasteiger partial charge >= 0.3 is 0 Å². The van der Waals surface area contributed by atoms with Crippen molar-refractivity contribution in [2.24, 2.45) is 4.99 Å². The molecule has 1 fully saturated rings. The molecule has 1 heterocycles. The van der Waals surface area contributed by atoms with Gasteiger partial charge in [-0.05, 0) is 20.8 Å². The van der Waals surface area contributed by atoms with Crippen LogP contribution >= 0.6 is 11.6 Å². The second-order valence-corrected chi connectivity index (χ2v) is 8.46. The number of aliphatic imine (C=N–C) groups is 1. The molecule has 1 rings (SSSR count). The molecule has 0 radical (unpaired) electrons. The Hall–Kier alpha value is -0.750. The van der Waals surface area contributed by atoms with Crippen LogP contribution in [0.5, 0.6) is 0 Å². The van der Waals surface area contributed by atoms with Crippen molar-refractivity contribution in [1.82, 2.24) is 10.2 Å². The Kier molecular flexibility index (Phi) is 5.26. The van der Waals surface area contributed by atoms with Crippen LogP contribution in [-0.2, 0) is 9.84 Å². The first-order chi connectivity index (χ1) is 8.69. The van der Waals surface area contributed by atoms with Crippen molar-refractivity contribution in [3.8, 4) is 0 Å². The minimum atomic E-state index is -3.04. The van der Waals surface area contributed by atoms with Crippen molar-refractivity contribution >= 4 is 27.4 Å². The second kappa shape index (κ2) is 6.13. The molecule has 110 valence electrons. The molecular weight excluding hydrogens is 286 g/mol. The van der Waals surface area contributed by atoms with Crippen LogP contribution in [0.1, 0.15) is 20.8 Å². The summed E-state index contributed by atoms with van der Waals surface area (Å²) >= 11 is 5.72. The maximum atomic E-state index is 12.0. The van der Waals surface area contributed by atoms with Gasteiger partial charge in [0, 0.05) is 24.7 Å². The minimum Gasteiger partial charge on any atom is -0.357 e. The van der Waals surface area contributed by atoms with E-state index in [0.29, 0.717) is 30.6 Å². The molecule has 0 aromatic carbocycles. The van der Waals surface area contributed by atoms with Gasteiger partial charge in [-0.2, -0.15) is 0 Å². The number of guanidine groups is 1. The molecular formula is C12H22ClN3O2S. The maximum absolute atomic E-state index is 12.0. The van der Waals surface area contributed by atoms with Crippen LogP contribution in [-0.4, -0.2) is 56.0 Å². The summed E-state index contributed by atoms with van der Waals surface area (Å²) in [7, 11) is -3.04. The SMILES string of the molecule is C=C(Cl)CN=C(NCC)N1CCS(=O)(=O)C(C)(C)C1. The largest absolute Gasteiger partial charge is 0.357 e. The molecule has 0 atom stereocenters. The number of nitrogens with zero attached hydrogens (tertiary/aromatic N) is 2. The minimum absolute atomic E-state index is 0.145. The third kappa shape index (κ3) is 4.11. The van der Waals surface area contributed by atoms with E-state index < -0.39 is 14.6 Å². The van der Waals surface area contributed by atoms with Crippen molar-refractivity contribution < 1.29 is 8.42 Å². The molecule has 0 aromatic heterocycles. The van der Waals surface area contributed by atoms with Crippen molar-refractivity contribution in [2.75, 3.05) is 31.9 Å². The summed E-state index contributed by atoms with van der Waals surface area (Å²) in [6.07, 6.45) is 0. The van der Waals surface area contributed by atoms with Crippen molar-refractivity contribution in [1.29, 1.82) is 0 Å². The molecule has 19 heavy (non-hydrogen) atoms. The number of rotatable bonds is 3. The predicted octanol–water partition coefficient (Wildman–Crippen LogP) is 1.21. The molecule has 0 aliphatic carbocycles. The predicted molar refractivity (Wildman–Crippen MR) is 80.4 cm³/mol. The molecule has 0 unspecified atom stereocenters. The fourth-order valence-electron chi connectivity index (χ4n) is 1.91. The first kappa shape index (κ1) is 16.3. The molecule has 5 nitrogen and oxygen atoms in total. The molecule has 7 heteroatoms. The average molecular weight is 308 g/mol. The third-order valence-corrected chi connectivity index (χ3v) is 5.73. The first-order valence-corrected chi connectivity index (χ1v) is 8.31. The van der Waals surface area contributed by atoms with E-state index in [1.165, 1.54) is 0 Å². The van der Waals surface area contributed by atoms with E-state index in [9.17, 15) is 8.42 Å². The zero-order valence-electron chi connectivity index (χ0n) is 11.7. The highest BCUT2D eigenvalue weighted by molar-refractivity contribution is 7.92. The van der Waals surface area contributed by atoms with Crippen molar-refractivity contribution in [3.63, 3.8) is 0 Å². The number of hydrogen-bond acceptors (Lipinski definition) is 3. The van der Waals surface area contributed by atoms with Gasteiger partial charge in [-0.15, -0.1) is 0 Å². The van der Waals surface area contributed by atoms with Crippen LogP contribution < -0.4 is 5.32 Å². The van der Waals surface area contributed by atoms with Crippen molar-refractivity contribution in [3.05, 3.63) is 11.6 Å². The van der Waals surface area contributed by atoms with E-state index in [1.54, 1.807) is 13.8 Å². The Bertz CT molecular complexity index is 471. The van der Waals surface area contributed by atoms with Crippen molar-refractivity contribution in [2.45, 2.75) is 25.5 Å². The number of halogens is 1. The summed E-state index contributed by atoms with van der Waals surface area (Å²) in [5.74, 6) is 0.832. The first-order valence-electron chi connectivity index (χ1n) is 6.28. The van der Waals surface area contributed by atoms with E-state index in [2.05, 4.69) is 16.9 Å². The quantitative estimate of drug-likeness (QED) is 0.629. The van der Waals surface area contributed by atoms with Gasteiger partial charge in [-0.3, -0.25) is 0 Å². The van der Waals surface area contributed by atoms with Gasteiger partial charge in [0.1, 0.15) is 0 Å². The van der Waals surface area contributed by atoms with Gasteiger partial charge in [-0.1, -0.05) is 18.2 Å². The van der Waals surface area contributed by atoms with Gasteiger partial charge in [-0.25, -0.2) is 13.4 Å². The summed E-state index contributed by atoms with van der Waals surface area (Å²) in [6.45, 7) is 11.0. The zero-order valence-corrected chi connectivity index (χ0v) is 13.3. The number of nitrogens with one attached hydrogen (secondary N) is 1. The smallest absolute Gasteiger partial charge is 0.194 e. The Labute approximate surface area is 120 Å². The summed E-state index contributed by atoms with van der Waals surface area (Å²) in [6, 6.07) is 0. The maximum Gasteiger partial charge on any atom is 0.194 e. The van der Waals surface area contributed by atoms with E-state index in [1.807, 2.05) is 11.8 Å². The summed E-state index contributed by atoms with van der Waals surface area (Å²) in [5, 5.41) is 3.61. The van der Waals surface area contributed by atoms with Crippen LogP contribution in [0.25, 0.3) is 0 Å². The molecule has 0 spiro atoms.